The van der Waals surface area contributed by atoms with E-state index in [1.165, 1.54) is 12.5 Å². The molecule has 0 bridgehead atoms. The Morgan fingerprint density at radius 1 is 1.00 bits per heavy atom. The number of rotatable bonds is 7. The van der Waals surface area contributed by atoms with E-state index >= 15 is 0 Å². The van der Waals surface area contributed by atoms with Gasteiger partial charge in [-0.25, -0.2) is 4.39 Å². The maximum absolute atomic E-state index is 14.1. The first-order chi connectivity index (χ1) is 18.9. The molecule has 9 heteroatoms. The standard InChI is InChI=1S/C30H38FN5O3/c31-25-14-8-7-9-22(25)19-26(32)28(38)34-17-15-30(16-18-34)29(39)35(21-36(30)24-12-5-2-6-13-24)20-27(37)33-23-10-3-1-4-11-23/h2,5-9,12-14,23,26H,1,3-4,10-11,15-21,32H2,(H,33,37)/t26-/m1/s1. The van der Waals surface area contributed by atoms with Crippen LogP contribution in [-0.4, -0.2) is 71.4 Å². The lowest BCUT2D eigenvalue weighted by molar-refractivity contribution is -0.140. The molecule has 0 unspecified atom stereocenters. The molecule has 208 valence electrons. The summed E-state index contributed by atoms with van der Waals surface area (Å²) in [4.78, 5) is 45.4. The molecule has 2 aromatic carbocycles. The number of carbonyl (C=O) groups is 3. The van der Waals surface area contributed by atoms with Crippen molar-refractivity contribution in [2.75, 3.05) is 31.2 Å². The van der Waals surface area contributed by atoms with Crippen LogP contribution in [0, 0.1) is 5.82 Å². The van der Waals surface area contributed by atoms with Crippen LogP contribution in [0.15, 0.2) is 54.6 Å². The Labute approximate surface area is 229 Å². The highest BCUT2D eigenvalue weighted by Crippen LogP contribution is 2.39. The summed E-state index contributed by atoms with van der Waals surface area (Å²) >= 11 is 0. The third kappa shape index (κ3) is 5.78. The minimum atomic E-state index is -0.861. The molecule has 2 heterocycles. The minimum absolute atomic E-state index is 0.0244. The first-order valence-corrected chi connectivity index (χ1v) is 14.1. The van der Waals surface area contributed by atoms with Crippen LogP contribution in [0.1, 0.15) is 50.5 Å². The van der Waals surface area contributed by atoms with Crippen LogP contribution in [0.25, 0.3) is 0 Å². The fourth-order valence-corrected chi connectivity index (χ4v) is 6.34. The number of amides is 3. The lowest BCUT2D eigenvalue weighted by atomic mass is 9.85. The van der Waals surface area contributed by atoms with Crippen molar-refractivity contribution in [1.29, 1.82) is 0 Å². The van der Waals surface area contributed by atoms with Gasteiger partial charge in [-0.3, -0.25) is 14.4 Å². The van der Waals surface area contributed by atoms with E-state index in [-0.39, 0.29) is 42.5 Å². The number of hydrogen-bond donors (Lipinski definition) is 2. The van der Waals surface area contributed by atoms with Gasteiger partial charge in [-0.1, -0.05) is 55.7 Å². The highest BCUT2D eigenvalue weighted by Gasteiger charge is 2.54. The van der Waals surface area contributed by atoms with Crippen molar-refractivity contribution in [3.05, 3.63) is 66.0 Å². The zero-order valence-electron chi connectivity index (χ0n) is 22.4. The van der Waals surface area contributed by atoms with Gasteiger partial charge in [0.15, 0.2) is 0 Å². The van der Waals surface area contributed by atoms with Gasteiger partial charge in [0, 0.05) is 24.8 Å². The smallest absolute Gasteiger partial charge is 0.250 e. The van der Waals surface area contributed by atoms with Crippen molar-refractivity contribution < 1.29 is 18.8 Å². The number of hydrogen-bond acceptors (Lipinski definition) is 5. The Morgan fingerprint density at radius 3 is 2.36 bits per heavy atom. The van der Waals surface area contributed by atoms with Crippen LogP contribution in [0.2, 0.25) is 0 Å². The van der Waals surface area contributed by atoms with Crippen molar-refractivity contribution in [3.8, 4) is 0 Å². The summed E-state index contributed by atoms with van der Waals surface area (Å²) in [5.41, 5.74) is 6.70. The van der Waals surface area contributed by atoms with E-state index < -0.39 is 11.6 Å². The van der Waals surface area contributed by atoms with Gasteiger partial charge in [-0.05, 0) is 55.9 Å². The Hall–Kier alpha value is -3.46. The van der Waals surface area contributed by atoms with Crippen LogP contribution >= 0.6 is 0 Å². The fraction of sp³-hybridized carbons (Fsp3) is 0.500. The average Bonchev–Trinajstić information content (AvgIpc) is 3.21. The van der Waals surface area contributed by atoms with E-state index in [2.05, 4.69) is 10.2 Å². The highest BCUT2D eigenvalue weighted by molar-refractivity contribution is 5.96. The van der Waals surface area contributed by atoms with E-state index in [1.807, 2.05) is 30.3 Å². The van der Waals surface area contributed by atoms with E-state index in [0.717, 1.165) is 31.4 Å². The summed E-state index contributed by atoms with van der Waals surface area (Å²) < 4.78 is 14.1. The maximum atomic E-state index is 14.1. The molecule has 1 aliphatic carbocycles. The quantitative estimate of drug-likeness (QED) is 0.568. The van der Waals surface area contributed by atoms with Gasteiger partial charge in [0.05, 0.1) is 12.7 Å². The summed E-state index contributed by atoms with van der Waals surface area (Å²) in [5, 5.41) is 3.13. The topological polar surface area (TPSA) is 99.0 Å². The van der Waals surface area contributed by atoms with E-state index in [4.69, 9.17) is 5.73 Å². The molecule has 39 heavy (non-hydrogen) atoms. The molecular formula is C30H38FN5O3. The Kier molecular flexibility index (Phi) is 8.16. The van der Waals surface area contributed by atoms with Crippen molar-refractivity contribution in [3.63, 3.8) is 0 Å². The van der Waals surface area contributed by atoms with Crippen molar-refractivity contribution in [2.24, 2.45) is 5.73 Å². The molecule has 1 saturated carbocycles. The second-order valence-electron chi connectivity index (χ2n) is 11.1. The minimum Gasteiger partial charge on any atom is -0.352 e. The van der Waals surface area contributed by atoms with Gasteiger partial charge in [0.1, 0.15) is 17.9 Å². The van der Waals surface area contributed by atoms with Crippen LogP contribution in [-0.2, 0) is 20.8 Å². The third-order valence-electron chi connectivity index (χ3n) is 8.50. The fourth-order valence-electron chi connectivity index (χ4n) is 6.34. The van der Waals surface area contributed by atoms with Gasteiger partial charge in [0.25, 0.3) is 5.91 Å². The predicted octanol–water partition coefficient (Wildman–Crippen LogP) is 2.81. The van der Waals surface area contributed by atoms with Crippen LogP contribution < -0.4 is 16.0 Å². The zero-order chi connectivity index (χ0) is 27.4. The number of anilines is 1. The van der Waals surface area contributed by atoms with Gasteiger partial charge >= 0.3 is 0 Å². The van der Waals surface area contributed by atoms with Crippen LogP contribution in [0.3, 0.4) is 0 Å². The summed E-state index contributed by atoms with van der Waals surface area (Å²) in [7, 11) is 0. The van der Waals surface area contributed by atoms with Crippen LogP contribution in [0.4, 0.5) is 10.1 Å². The second kappa shape index (κ2) is 11.7. The number of nitrogens with zero attached hydrogens (tertiary/aromatic N) is 3. The molecule has 0 radical (unpaired) electrons. The molecule has 3 fully saturated rings. The highest BCUT2D eigenvalue weighted by atomic mass is 19.1. The van der Waals surface area contributed by atoms with Crippen LogP contribution in [0.5, 0.6) is 0 Å². The van der Waals surface area contributed by atoms with E-state index in [1.54, 1.807) is 28.0 Å². The van der Waals surface area contributed by atoms with Crippen molar-refractivity contribution in [1.82, 2.24) is 15.1 Å². The van der Waals surface area contributed by atoms with E-state index in [0.29, 0.717) is 38.2 Å². The molecule has 1 spiro atoms. The molecule has 0 aromatic heterocycles. The van der Waals surface area contributed by atoms with Gasteiger partial charge in [0.2, 0.25) is 11.8 Å². The van der Waals surface area contributed by atoms with E-state index in [9.17, 15) is 18.8 Å². The number of nitrogens with two attached hydrogens (primary N) is 1. The number of likely N-dealkylation sites (tertiary alicyclic amines) is 1. The number of nitrogens with one attached hydrogen (secondary N) is 1. The van der Waals surface area contributed by atoms with Crippen molar-refractivity contribution >= 4 is 23.4 Å². The Bertz CT molecular complexity index is 1180. The molecule has 2 saturated heterocycles. The summed E-state index contributed by atoms with van der Waals surface area (Å²) in [6, 6.07) is 15.4. The molecule has 3 N–H and O–H groups in total. The molecule has 2 aliphatic heterocycles. The Morgan fingerprint density at radius 2 is 1.67 bits per heavy atom. The first-order valence-electron chi connectivity index (χ1n) is 14.1. The zero-order valence-corrected chi connectivity index (χ0v) is 22.4. The Balaban J connectivity index is 1.27. The molecule has 8 nitrogen and oxygen atoms in total. The average molecular weight is 536 g/mol. The van der Waals surface area contributed by atoms with Crippen molar-refractivity contribution in [2.45, 2.75) is 69.0 Å². The normalized spacial score (nSPS) is 20.4. The number of carbonyl (C=O) groups excluding carboxylic acids is 3. The summed E-state index contributed by atoms with van der Waals surface area (Å²) in [5.74, 6) is -0.811. The predicted molar refractivity (Wildman–Crippen MR) is 147 cm³/mol. The lowest BCUT2D eigenvalue weighted by Crippen LogP contribution is -2.59. The monoisotopic (exact) mass is 535 g/mol. The third-order valence-corrected chi connectivity index (χ3v) is 8.50. The largest absolute Gasteiger partial charge is 0.352 e. The number of benzene rings is 2. The lowest BCUT2D eigenvalue weighted by Gasteiger charge is -2.43. The second-order valence-corrected chi connectivity index (χ2v) is 11.1. The number of halogens is 1. The number of piperidine rings is 1. The molecule has 1 atom stereocenters. The number of para-hydroxylation sites is 1. The molecule has 2 aromatic rings. The molecule has 3 aliphatic rings. The van der Waals surface area contributed by atoms with Gasteiger partial charge in [-0.15, -0.1) is 0 Å². The molecular weight excluding hydrogens is 497 g/mol. The van der Waals surface area contributed by atoms with Gasteiger partial charge in [-0.2, -0.15) is 0 Å². The molecule has 5 rings (SSSR count). The summed E-state index contributed by atoms with van der Waals surface area (Å²) in [6.45, 7) is 1.07. The van der Waals surface area contributed by atoms with Gasteiger partial charge < -0.3 is 25.8 Å². The summed E-state index contributed by atoms with van der Waals surface area (Å²) in [6.07, 6.45) is 6.41. The maximum Gasteiger partial charge on any atom is 0.250 e. The molecule has 3 amide bonds. The SMILES string of the molecule is N[C@H](Cc1ccccc1F)C(=O)N1CCC2(CC1)C(=O)N(CC(=O)NC1CCCCC1)CN2c1ccccc1. The first kappa shape index (κ1) is 27.1.